The van der Waals surface area contributed by atoms with Gasteiger partial charge in [-0.3, -0.25) is 0 Å². The summed E-state index contributed by atoms with van der Waals surface area (Å²) in [5, 5.41) is 3.40. The van der Waals surface area contributed by atoms with Crippen LogP contribution in [0.4, 0.5) is 5.82 Å². The van der Waals surface area contributed by atoms with Gasteiger partial charge in [0.2, 0.25) is 0 Å². The van der Waals surface area contributed by atoms with E-state index in [0.717, 1.165) is 28.8 Å². The summed E-state index contributed by atoms with van der Waals surface area (Å²) in [5.41, 5.74) is 0. The molecule has 3 heteroatoms. The summed E-state index contributed by atoms with van der Waals surface area (Å²) >= 11 is 3.39. The van der Waals surface area contributed by atoms with Gasteiger partial charge in [0.25, 0.3) is 0 Å². The Morgan fingerprint density at radius 2 is 2.06 bits per heavy atom. The zero-order valence-corrected chi connectivity index (χ0v) is 12.0. The number of anilines is 1. The maximum atomic E-state index is 4.37. The average Bonchev–Trinajstić information content (AvgIpc) is 2.32. The standard InChI is InChI=1S/C14H21BrN2/c1-11-5-7-12(8-6-11)9-10-16-14-4-2-3-13(15)17-14/h2-4,11-12H,5-10H2,1H3,(H,16,17). The molecule has 0 saturated heterocycles. The highest BCUT2D eigenvalue weighted by Gasteiger charge is 2.17. The number of nitrogens with zero attached hydrogens (tertiary/aromatic N) is 1. The van der Waals surface area contributed by atoms with Gasteiger partial charge in [-0.1, -0.05) is 38.7 Å². The lowest BCUT2D eigenvalue weighted by molar-refractivity contribution is 0.282. The van der Waals surface area contributed by atoms with Crippen LogP contribution in [0.1, 0.15) is 39.0 Å². The second-order valence-electron chi connectivity index (χ2n) is 5.19. The SMILES string of the molecule is CC1CCC(CCNc2cccc(Br)n2)CC1. The molecule has 2 rings (SSSR count). The van der Waals surface area contributed by atoms with Crippen LogP contribution >= 0.6 is 15.9 Å². The summed E-state index contributed by atoms with van der Waals surface area (Å²) in [5.74, 6) is 2.85. The van der Waals surface area contributed by atoms with Crippen LogP contribution in [0.2, 0.25) is 0 Å². The van der Waals surface area contributed by atoms with Crippen molar-refractivity contribution in [1.29, 1.82) is 0 Å². The lowest BCUT2D eigenvalue weighted by Gasteiger charge is -2.26. The van der Waals surface area contributed by atoms with E-state index in [1.54, 1.807) is 0 Å². The van der Waals surface area contributed by atoms with Crippen LogP contribution in [0.5, 0.6) is 0 Å². The Morgan fingerprint density at radius 1 is 1.29 bits per heavy atom. The van der Waals surface area contributed by atoms with Crippen LogP contribution in [0.3, 0.4) is 0 Å². The number of aromatic nitrogens is 1. The van der Waals surface area contributed by atoms with Gasteiger partial charge in [0.1, 0.15) is 10.4 Å². The Labute approximate surface area is 112 Å². The Hall–Kier alpha value is -0.570. The molecule has 0 aliphatic heterocycles. The molecule has 1 N–H and O–H groups in total. The van der Waals surface area contributed by atoms with E-state index >= 15 is 0 Å². The number of halogens is 1. The Kier molecular flexibility index (Phi) is 4.84. The Morgan fingerprint density at radius 3 is 2.76 bits per heavy atom. The molecule has 1 aromatic rings. The molecule has 1 aromatic heterocycles. The second-order valence-corrected chi connectivity index (χ2v) is 6.00. The molecule has 1 heterocycles. The average molecular weight is 297 g/mol. The van der Waals surface area contributed by atoms with Crippen LogP contribution in [0.25, 0.3) is 0 Å². The maximum absolute atomic E-state index is 4.37. The van der Waals surface area contributed by atoms with Crippen LogP contribution in [-0.2, 0) is 0 Å². The molecular weight excluding hydrogens is 276 g/mol. The van der Waals surface area contributed by atoms with E-state index in [0.29, 0.717) is 0 Å². The largest absolute Gasteiger partial charge is 0.370 e. The molecule has 0 bridgehead atoms. The maximum Gasteiger partial charge on any atom is 0.127 e. The van der Waals surface area contributed by atoms with Crippen molar-refractivity contribution < 1.29 is 0 Å². The predicted octanol–water partition coefficient (Wildman–Crippen LogP) is 4.47. The molecule has 0 amide bonds. The van der Waals surface area contributed by atoms with Crippen molar-refractivity contribution >= 4 is 21.7 Å². The van der Waals surface area contributed by atoms with E-state index in [2.05, 4.69) is 33.2 Å². The monoisotopic (exact) mass is 296 g/mol. The first-order valence-electron chi connectivity index (χ1n) is 6.60. The molecule has 0 spiro atoms. The highest BCUT2D eigenvalue weighted by Crippen LogP contribution is 2.30. The topological polar surface area (TPSA) is 24.9 Å². The van der Waals surface area contributed by atoms with Gasteiger partial charge in [-0.2, -0.15) is 0 Å². The van der Waals surface area contributed by atoms with Crippen molar-refractivity contribution in [2.75, 3.05) is 11.9 Å². The van der Waals surface area contributed by atoms with E-state index in [1.165, 1.54) is 32.1 Å². The lowest BCUT2D eigenvalue weighted by Crippen LogP contribution is -2.16. The fourth-order valence-corrected chi connectivity index (χ4v) is 2.87. The normalized spacial score (nSPS) is 24.6. The molecule has 2 nitrogen and oxygen atoms in total. The molecule has 17 heavy (non-hydrogen) atoms. The molecule has 0 radical (unpaired) electrons. The van der Waals surface area contributed by atoms with E-state index in [1.807, 2.05) is 18.2 Å². The third-order valence-electron chi connectivity index (χ3n) is 3.71. The van der Waals surface area contributed by atoms with Gasteiger partial charge in [0, 0.05) is 6.54 Å². The van der Waals surface area contributed by atoms with Crippen LogP contribution in [0, 0.1) is 11.8 Å². The zero-order valence-electron chi connectivity index (χ0n) is 10.5. The summed E-state index contributed by atoms with van der Waals surface area (Å²) in [7, 11) is 0. The minimum absolute atomic E-state index is 0.897. The molecule has 1 aliphatic carbocycles. The summed E-state index contributed by atoms with van der Waals surface area (Å²) in [4.78, 5) is 4.37. The summed E-state index contributed by atoms with van der Waals surface area (Å²) in [6.07, 6.45) is 6.93. The van der Waals surface area contributed by atoms with Crippen molar-refractivity contribution in [2.45, 2.75) is 39.0 Å². The van der Waals surface area contributed by atoms with Crippen molar-refractivity contribution in [3.05, 3.63) is 22.8 Å². The minimum atomic E-state index is 0.897. The fraction of sp³-hybridized carbons (Fsp3) is 0.643. The van der Waals surface area contributed by atoms with Gasteiger partial charge in [-0.05, 0) is 46.3 Å². The molecule has 1 aliphatic rings. The molecule has 0 unspecified atom stereocenters. The van der Waals surface area contributed by atoms with Gasteiger partial charge in [-0.25, -0.2) is 4.98 Å². The molecule has 1 fully saturated rings. The molecule has 0 aromatic carbocycles. The van der Waals surface area contributed by atoms with Crippen molar-refractivity contribution in [2.24, 2.45) is 11.8 Å². The van der Waals surface area contributed by atoms with E-state index in [9.17, 15) is 0 Å². The quantitative estimate of drug-likeness (QED) is 0.829. The van der Waals surface area contributed by atoms with Crippen LogP contribution in [0.15, 0.2) is 22.8 Å². The Bertz CT molecular complexity index is 346. The van der Waals surface area contributed by atoms with E-state index < -0.39 is 0 Å². The van der Waals surface area contributed by atoms with Gasteiger partial charge in [0.15, 0.2) is 0 Å². The van der Waals surface area contributed by atoms with Crippen molar-refractivity contribution in [3.8, 4) is 0 Å². The summed E-state index contributed by atoms with van der Waals surface area (Å²) in [6, 6.07) is 5.99. The highest BCUT2D eigenvalue weighted by molar-refractivity contribution is 9.10. The number of nitrogens with one attached hydrogen (secondary N) is 1. The van der Waals surface area contributed by atoms with Crippen LogP contribution < -0.4 is 5.32 Å². The third kappa shape index (κ3) is 4.30. The number of pyridine rings is 1. The second kappa shape index (κ2) is 6.39. The minimum Gasteiger partial charge on any atom is -0.370 e. The smallest absolute Gasteiger partial charge is 0.127 e. The van der Waals surface area contributed by atoms with Gasteiger partial charge in [-0.15, -0.1) is 0 Å². The van der Waals surface area contributed by atoms with Gasteiger partial charge >= 0.3 is 0 Å². The van der Waals surface area contributed by atoms with Gasteiger partial charge in [0.05, 0.1) is 0 Å². The van der Waals surface area contributed by atoms with E-state index in [-0.39, 0.29) is 0 Å². The van der Waals surface area contributed by atoms with Gasteiger partial charge < -0.3 is 5.32 Å². The van der Waals surface area contributed by atoms with Crippen molar-refractivity contribution in [1.82, 2.24) is 4.98 Å². The third-order valence-corrected chi connectivity index (χ3v) is 4.15. The first-order valence-corrected chi connectivity index (χ1v) is 7.40. The summed E-state index contributed by atoms with van der Waals surface area (Å²) in [6.45, 7) is 3.42. The molecule has 94 valence electrons. The molecular formula is C14H21BrN2. The number of rotatable bonds is 4. The molecule has 1 saturated carbocycles. The first-order chi connectivity index (χ1) is 8.24. The first kappa shape index (κ1) is 12.9. The highest BCUT2D eigenvalue weighted by atomic mass is 79.9. The lowest BCUT2D eigenvalue weighted by atomic mass is 9.81. The Balaban J connectivity index is 1.69. The number of hydrogen-bond acceptors (Lipinski definition) is 2. The fourth-order valence-electron chi connectivity index (χ4n) is 2.53. The molecule has 0 atom stereocenters. The summed E-state index contributed by atoms with van der Waals surface area (Å²) < 4.78 is 0.897. The van der Waals surface area contributed by atoms with Crippen LogP contribution in [-0.4, -0.2) is 11.5 Å². The predicted molar refractivity (Wildman–Crippen MR) is 76.2 cm³/mol. The van der Waals surface area contributed by atoms with Crippen molar-refractivity contribution in [3.63, 3.8) is 0 Å². The zero-order chi connectivity index (χ0) is 12.1. The number of hydrogen-bond donors (Lipinski definition) is 1. The van der Waals surface area contributed by atoms with E-state index in [4.69, 9.17) is 0 Å².